The number of hydrogen-bond acceptors (Lipinski definition) is 2. The Morgan fingerprint density at radius 2 is 2.07 bits per heavy atom. The fourth-order valence-electron chi connectivity index (χ4n) is 1.14. The predicted octanol–water partition coefficient (Wildman–Crippen LogP) is 2.32. The van der Waals surface area contributed by atoms with Crippen LogP contribution < -0.4 is 5.32 Å². The molecule has 1 aromatic carbocycles. The minimum atomic E-state index is -0.488. The van der Waals surface area contributed by atoms with E-state index in [9.17, 15) is 5.11 Å². The van der Waals surface area contributed by atoms with Crippen molar-refractivity contribution in [1.82, 2.24) is 0 Å². The molecule has 0 aliphatic rings. The van der Waals surface area contributed by atoms with E-state index in [2.05, 4.69) is 31.3 Å². The Bertz CT molecular complexity index is 301. The lowest BCUT2D eigenvalue weighted by Gasteiger charge is -2.11. The van der Waals surface area contributed by atoms with Crippen LogP contribution in [0.3, 0.4) is 0 Å². The average molecular weight is 214 g/mol. The number of aliphatic hydroxyl groups is 1. The quantitative estimate of drug-likeness (QED) is 0.753. The fourth-order valence-corrected chi connectivity index (χ4v) is 1.25. The van der Waals surface area contributed by atoms with Crippen LogP contribution in [0.5, 0.6) is 0 Å². The van der Waals surface area contributed by atoms with E-state index >= 15 is 0 Å². The van der Waals surface area contributed by atoms with Crippen LogP contribution in [-0.2, 0) is 0 Å². The highest BCUT2D eigenvalue weighted by Crippen LogP contribution is 2.13. The summed E-state index contributed by atoms with van der Waals surface area (Å²) >= 11 is 5.48. The summed E-state index contributed by atoms with van der Waals surface area (Å²) in [7, 11) is 0. The van der Waals surface area contributed by atoms with Gasteiger partial charge in [0.15, 0.2) is 0 Å². The minimum Gasteiger partial charge on any atom is -0.390 e. The maximum Gasteiger partial charge on any atom is 0.0847 e. The number of halogens is 1. The van der Waals surface area contributed by atoms with Crippen LogP contribution >= 0.6 is 11.6 Å². The Balaban J connectivity index is 2.55. The summed E-state index contributed by atoms with van der Waals surface area (Å²) in [4.78, 5) is 0. The molecule has 0 saturated heterocycles. The molecule has 0 heterocycles. The van der Waals surface area contributed by atoms with Gasteiger partial charge in [-0.2, -0.15) is 0 Å². The molecule has 0 aliphatic heterocycles. The molecule has 0 fully saturated rings. The second kappa shape index (κ2) is 5.23. The number of alkyl halides is 1. The van der Waals surface area contributed by atoms with Gasteiger partial charge in [-0.3, -0.25) is 0 Å². The largest absolute Gasteiger partial charge is 0.390 e. The van der Waals surface area contributed by atoms with Gasteiger partial charge in [0.1, 0.15) is 0 Å². The summed E-state index contributed by atoms with van der Waals surface area (Å²) in [5, 5.41) is 12.4. The number of benzene rings is 1. The fraction of sp³-hybridized carbons (Fsp3) is 0.455. The monoisotopic (exact) mass is 213 g/mol. The third kappa shape index (κ3) is 3.20. The predicted molar refractivity (Wildman–Crippen MR) is 61.1 cm³/mol. The van der Waals surface area contributed by atoms with Crippen molar-refractivity contribution in [2.45, 2.75) is 20.0 Å². The van der Waals surface area contributed by atoms with Crippen LogP contribution in [0.4, 0.5) is 5.69 Å². The maximum atomic E-state index is 9.25. The Morgan fingerprint density at radius 3 is 2.64 bits per heavy atom. The van der Waals surface area contributed by atoms with E-state index in [0.717, 1.165) is 5.69 Å². The smallest absolute Gasteiger partial charge is 0.0847 e. The zero-order chi connectivity index (χ0) is 10.6. The van der Waals surface area contributed by atoms with Crippen molar-refractivity contribution in [1.29, 1.82) is 0 Å². The molecule has 0 bridgehead atoms. The van der Waals surface area contributed by atoms with Crippen LogP contribution in [-0.4, -0.2) is 23.6 Å². The normalized spacial score (nSPS) is 12.6. The zero-order valence-electron chi connectivity index (χ0n) is 8.55. The summed E-state index contributed by atoms with van der Waals surface area (Å²) in [6.45, 7) is 4.64. The van der Waals surface area contributed by atoms with Gasteiger partial charge < -0.3 is 10.4 Å². The average Bonchev–Trinajstić information content (AvgIpc) is 2.19. The Hall–Kier alpha value is -0.730. The van der Waals surface area contributed by atoms with Gasteiger partial charge in [-0.1, -0.05) is 6.07 Å². The highest BCUT2D eigenvalue weighted by atomic mass is 35.5. The molecule has 0 aliphatic carbocycles. The van der Waals surface area contributed by atoms with Crippen LogP contribution in [0.2, 0.25) is 0 Å². The topological polar surface area (TPSA) is 32.3 Å². The third-order valence-electron chi connectivity index (χ3n) is 2.23. The van der Waals surface area contributed by atoms with Crippen LogP contribution in [0.1, 0.15) is 11.1 Å². The molecule has 0 aromatic heterocycles. The molecule has 14 heavy (non-hydrogen) atoms. The van der Waals surface area contributed by atoms with Crippen molar-refractivity contribution >= 4 is 17.3 Å². The van der Waals surface area contributed by atoms with Gasteiger partial charge in [0, 0.05) is 12.2 Å². The number of anilines is 1. The minimum absolute atomic E-state index is 0.262. The number of hydrogen-bond donors (Lipinski definition) is 2. The van der Waals surface area contributed by atoms with E-state index in [0.29, 0.717) is 6.54 Å². The van der Waals surface area contributed by atoms with Gasteiger partial charge in [0.25, 0.3) is 0 Å². The highest BCUT2D eigenvalue weighted by Gasteiger charge is 2.01. The van der Waals surface area contributed by atoms with E-state index in [1.807, 2.05) is 6.07 Å². The molecule has 2 N–H and O–H groups in total. The molecule has 3 heteroatoms. The summed E-state index contributed by atoms with van der Waals surface area (Å²) in [5.74, 6) is 0.262. The molecule has 2 nitrogen and oxygen atoms in total. The number of nitrogens with one attached hydrogen (secondary N) is 1. The summed E-state index contributed by atoms with van der Waals surface area (Å²) in [6, 6.07) is 6.13. The van der Waals surface area contributed by atoms with Crippen molar-refractivity contribution in [3.8, 4) is 0 Å². The van der Waals surface area contributed by atoms with E-state index in [1.54, 1.807) is 0 Å². The molecule has 1 unspecified atom stereocenters. The van der Waals surface area contributed by atoms with Crippen molar-refractivity contribution in [2.75, 3.05) is 17.7 Å². The summed E-state index contributed by atoms with van der Waals surface area (Å²) < 4.78 is 0. The first-order chi connectivity index (χ1) is 6.63. The third-order valence-corrected chi connectivity index (χ3v) is 2.58. The summed E-state index contributed by atoms with van der Waals surface area (Å²) in [6.07, 6.45) is -0.488. The van der Waals surface area contributed by atoms with Gasteiger partial charge in [-0.05, 0) is 37.1 Å². The van der Waals surface area contributed by atoms with E-state index < -0.39 is 6.10 Å². The number of rotatable bonds is 4. The lowest BCUT2D eigenvalue weighted by Crippen LogP contribution is -2.20. The van der Waals surface area contributed by atoms with Crippen LogP contribution in [0.25, 0.3) is 0 Å². The van der Waals surface area contributed by atoms with Crippen molar-refractivity contribution < 1.29 is 5.11 Å². The first-order valence-electron chi connectivity index (χ1n) is 4.68. The Kier molecular flexibility index (Phi) is 4.23. The molecule has 0 saturated carbocycles. The highest BCUT2D eigenvalue weighted by molar-refractivity contribution is 6.18. The summed E-state index contributed by atoms with van der Waals surface area (Å²) in [5.41, 5.74) is 3.54. The molecular weight excluding hydrogens is 198 g/mol. The van der Waals surface area contributed by atoms with Gasteiger partial charge in [-0.15, -0.1) is 11.6 Å². The molecule has 1 rings (SSSR count). The second-order valence-corrected chi connectivity index (χ2v) is 3.80. The first-order valence-corrected chi connectivity index (χ1v) is 5.22. The van der Waals surface area contributed by atoms with Crippen LogP contribution in [0, 0.1) is 13.8 Å². The van der Waals surface area contributed by atoms with Crippen molar-refractivity contribution in [2.24, 2.45) is 0 Å². The molecule has 0 amide bonds. The molecule has 1 aromatic rings. The first kappa shape index (κ1) is 11.3. The second-order valence-electron chi connectivity index (χ2n) is 3.49. The van der Waals surface area contributed by atoms with E-state index in [4.69, 9.17) is 11.6 Å². The molecule has 1 atom stereocenters. The van der Waals surface area contributed by atoms with Crippen molar-refractivity contribution in [3.05, 3.63) is 29.3 Å². The number of aryl methyl sites for hydroxylation is 2. The standard InChI is InChI=1S/C11H16ClNO/c1-8-3-4-10(5-9(8)2)13-7-11(14)6-12/h3-5,11,13-14H,6-7H2,1-2H3. The SMILES string of the molecule is Cc1ccc(NCC(O)CCl)cc1C. The van der Waals surface area contributed by atoms with Gasteiger partial charge in [-0.25, -0.2) is 0 Å². The maximum absolute atomic E-state index is 9.25. The van der Waals surface area contributed by atoms with Gasteiger partial charge in [0.05, 0.1) is 12.0 Å². The van der Waals surface area contributed by atoms with E-state index in [-0.39, 0.29) is 5.88 Å². The van der Waals surface area contributed by atoms with Gasteiger partial charge >= 0.3 is 0 Å². The Morgan fingerprint density at radius 1 is 1.36 bits per heavy atom. The molecule has 0 radical (unpaired) electrons. The molecule has 78 valence electrons. The lowest BCUT2D eigenvalue weighted by atomic mass is 10.1. The van der Waals surface area contributed by atoms with Crippen LogP contribution in [0.15, 0.2) is 18.2 Å². The van der Waals surface area contributed by atoms with E-state index in [1.165, 1.54) is 11.1 Å². The number of aliphatic hydroxyl groups excluding tert-OH is 1. The Labute approximate surface area is 89.9 Å². The van der Waals surface area contributed by atoms with Crippen molar-refractivity contribution in [3.63, 3.8) is 0 Å². The van der Waals surface area contributed by atoms with Gasteiger partial charge in [0.2, 0.25) is 0 Å². The molecular formula is C11H16ClNO. The zero-order valence-corrected chi connectivity index (χ0v) is 9.30. The molecule has 0 spiro atoms. The lowest BCUT2D eigenvalue weighted by molar-refractivity contribution is 0.211.